The Labute approximate surface area is 87.3 Å². The fourth-order valence-electron chi connectivity index (χ4n) is 1.52. The molecule has 1 atom stereocenters. The molecular weight excluding hydrogens is 170 g/mol. The van der Waals surface area contributed by atoms with Gasteiger partial charge in [0, 0.05) is 0 Å². The fourth-order valence-corrected chi connectivity index (χ4v) is 1.52. The van der Waals surface area contributed by atoms with Gasteiger partial charge in [-0.05, 0) is 35.9 Å². The summed E-state index contributed by atoms with van der Waals surface area (Å²) >= 11 is 0. The van der Waals surface area contributed by atoms with Crippen LogP contribution in [0.4, 0.5) is 0 Å². The lowest BCUT2D eigenvalue weighted by Gasteiger charge is -2.10. The number of hydrogen-bond acceptors (Lipinski definition) is 1. The van der Waals surface area contributed by atoms with Crippen molar-refractivity contribution in [1.82, 2.24) is 0 Å². The van der Waals surface area contributed by atoms with E-state index >= 15 is 0 Å². The molecular formula is C13H21N. The van der Waals surface area contributed by atoms with Gasteiger partial charge in [0.05, 0.1) is 0 Å². The summed E-state index contributed by atoms with van der Waals surface area (Å²) in [6, 6.07) is 8.90. The second kappa shape index (κ2) is 5.16. The highest BCUT2D eigenvalue weighted by atomic mass is 14.5. The molecule has 0 aliphatic heterocycles. The van der Waals surface area contributed by atoms with Gasteiger partial charge in [0.15, 0.2) is 0 Å². The van der Waals surface area contributed by atoms with Crippen molar-refractivity contribution >= 4 is 0 Å². The van der Waals surface area contributed by atoms with E-state index in [4.69, 9.17) is 5.73 Å². The van der Waals surface area contributed by atoms with Crippen LogP contribution in [-0.4, -0.2) is 6.54 Å². The molecule has 0 aliphatic carbocycles. The fraction of sp³-hybridized carbons (Fsp3) is 0.538. The molecule has 0 radical (unpaired) electrons. The molecule has 0 aromatic heterocycles. The number of hydrogen-bond donors (Lipinski definition) is 1. The second-order valence-corrected chi connectivity index (χ2v) is 4.44. The molecule has 0 amide bonds. The molecule has 1 heteroatoms. The van der Waals surface area contributed by atoms with Gasteiger partial charge in [-0.2, -0.15) is 0 Å². The minimum Gasteiger partial charge on any atom is -0.330 e. The summed E-state index contributed by atoms with van der Waals surface area (Å²) in [5, 5.41) is 0. The quantitative estimate of drug-likeness (QED) is 0.778. The lowest BCUT2D eigenvalue weighted by Crippen LogP contribution is -2.13. The highest BCUT2D eigenvalue weighted by Crippen LogP contribution is 2.16. The van der Waals surface area contributed by atoms with Crippen LogP contribution in [0.1, 0.15) is 37.8 Å². The monoisotopic (exact) mass is 191 g/mol. The lowest BCUT2D eigenvalue weighted by atomic mass is 9.97. The number of nitrogens with two attached hydrogens (primary N) is 1. The van der Waals surface area contributed by atoms with Crippen molar-refractivity contribution in [2.45, 2.75) is 33.1 Å². The maximum Gasteiger partial charge on any atom is -0.00483 e. The lowest BCUT2D eigenvalue weighted by molar-refractivity contribution is 0.593. The smallest absolute Gasteiger partial charge is 0.00483 e. The first-order chi connectivity index (χ1) is 6.63. The second-order valence-electron chi connectivity index (χ2n) is 4.44. The molecule has 2 N–H and O–H groups in total. The van der Waals surface area contributed by atoms with Crippen molar-refractivity contribution in [3.05, 3.63) is 35.4 Å². The van der Waals surface area contributed by atoms with Gasteiger partial charge in [-0.15, -0.1) is 0 Å². The summed E-state index contributed by atoms with van der Waals surface area (Å²) in [5.74, 6) is 1.20. The van der Waals surface area contributed by atoms with Crippen LogP contribution in [0.3, 0.4) is 0 Å². The average molecular weight is 191 g/mol. The Morgan fingerprint density at radius 1 is 1.07 bits per heavy atom. The van der Waals surface area contributed by atoms with Crippen molar-refractivity contribution in [3.63, 3.8) is 0 Å². The molecule has 0 fully saturated rings. The van der Waals surface area contributed by atoms with Crippen LogP contribution < -0.4 is 5.73 Å². The summed E-state index contributed by atoms with van der Waals surface area (Å²) in [7, 11) is 0. The van der Waals surface area contributed by atoms with E-state index in [9.17, 15) is 0 Å². The molecule has 78 valence electrons. The average Bonchev–Trinajstić information content (AvgIpc) is 2.18. The Kier molecular flexibility index (Phi) is 4.15. The predicted octanol–water partition coefficient (Wildman–Crippen LogP) is 2.95. The van der Waals surface area contributed by atoms with Crippen LogP contribution in [-0.2, 0) is 6.42 Å². The first kappa shape index (κ1) is 11.3. The van der Waals surface area contributed by atoms with Crippen molar-refractivity contribution < 1.29 is 0 Å². The summed E-state index contributed by atoms with van der Waals surface area (Å²) < 4.78 is 0. The molecule has 1 aromatic carbocycles. The van der Waals surface area contributed by atoms with Gasteiger partial charge in [0.25, 0.3) is 0 Å². The highest BCUT2D eigenvalue weighted by Gasteiger charge is 2.02. The SMILES string of the molecule is CC(C)c1ccc(C[C@@H](C)CN)cc1. The van der Waals surface area contributed by atoms with Crippen LogP contribution in [0.2, 0.25) is 0 Å². The van der Waals surface area contributed by atoms with Crippen LogP contribution in [0.25, 0.3) is 0 Å². The summed E-state index contributed by atoms with van der Waals surface area (Å²) in [5.41, 5.74) is 8.40. The minimum atomic E-state index is 0.583. The van der Waals surface area contributed by atoms with Crippen LogP contribution in [0.5, 0.6) is 0 Å². The molecule has 0 unspecified atom stereocenters. The Morgan fingerprint density at radius 2 is 1.64 bits per heavy atom. The van der Waals surface area contributed by atoms with Crippen LogP contribution in [0, 0.1) is 5.92 Å². The molecule has 0 saturated carbocycles. The van der Waals surface area contributed by atoms with E-state index in [1.165, 1.54) is 11.1 Å². The van der Waals surface area contributed by atoms with E-state index in [0.717, 1.165) is 13.0 Å². The highest BCUT2D eigenvalue weighted by molar-refractivity contribution is 5.24. The molecule has 14 heavy (non-hydrogen) atoms. The van der Waals surface area contributed by atoms with E-state index in [-0.39, 0.29) is 0 Å². The standard InChI is InChI=1S/C13H21N/c1-10(2)13-6-4-12(5-7-13)8-11(3)9-14/h4-7,10-11H,8-9,14H2,1-3H3/t11-/m1/s1. The van der Waals surface area contributed by atoms with Gasteiger partial charge in [0.1, 0.15) is 0 Å². The number of benzene rings is 1. The summed E-state index contributed by atoms with van der Waals surface area (Å²) in [6.07, 6.45) is 1.09. The topological polar surface area (TPSA) is 26.0 Å². The maximum absolute atomic E-state index is 5.60. The molecule has 0 aliphatic rings. The first-order valence-corrected chi connectivity index (χ1v) is 5.42. The third-order valence-corrected chi connectivity index (χ3v) is 2.63. The number of rotatable bonds is 4. The van der Waals surface area contributed by atoms with E-state index < -0.39 is 0 Å². The third kappa shape index (κ3) is 3.15. The van der Waals surface area contributed by atoms with Gasteiger partial charge < -0.3 is 5.73 Å². The van der Waals surface area contributed by atoms with Crippen molar-refractivity contribution in [3.8, 4) is 0 Å². The van der Waals surface area contributed by atoms with E-state index in [1.807, 2.05) is 0 Å². The zero-order valence-electron chi connectivity index (χ0n) is 9.46. The van der Waals surface area contributed by atoms with E-state index in [0.29, 0.717) is 11.8 Å². The van der Waals surface area contributed by atoms with Crippen LogP contribution in [0.15, 0.2) is 24.3 Å². The van der Waals surface area contributed by atoms with Crippen molar-refractivity contribution in [2.24, 2.45) is 11.7 Å². The minimum absolute atomic E-state index is 0.583. The zero-order chi connectivity index (χ0) is 10.6. The molecule has 1 nitrogen and oxygen atoms in total. The molecule has 0 saturated heterocycles. The normalized spacial score (nSPS) is 13.2. The molecule has 1 aromatic rings. The van der Waals surface area contributed by atoms with Crippen molar-refractivity contribution in [1.29, 1.82) is 0 Å². The van der Waals surface area contributed by atoms with Gasteiger partial charge >= 0.3 is 0 Å². The molecule has 0 heterocycles. The molecule has 1 rings (SSSR count). The Balaban J connectivity index is 2.64. The van der Waals surface area contributed by atoms with Gasteiger partial charge in [-0.1, -0.05) is 45.0 Å². The largest absolute Gasteiger partial charge is 0.330 e. The first-order valence-electron chi connectivity index (χ1n) is 5.42. The van der Waals surface area contributed by atoms with Gasteiger partial charge in [0.2, 0.25) is 0 Å². The van der Waals surface area contributed by atoms with Crippen LogP contribution >= 0.6 is 0 Å². The molecule has 0 bridgehead atoms. The summed E-state index contributed by atoms with van der Waals surface area (Å²) in [4.78, 5) is 0. The third-order valence-electron chi connectivity index (χ3n) is 2.63. The predicted molar refractivity (Wildman–Crippen MR) is 62.5 cm³/mol. The maximum atomic E-state index is 5.60. The van der Waals surface area contributed by atoms with E-state index in [1.54, 1.807) is 0 Å². The summed E-state index contributed by atoms with van der Waals surface area (Å²) in [6.45, 7) is 7.40. The van der Waals surface area contributed by atoms with Gasteiger partial charge in [-0.25, -0.2) is 0 Å². The zero-order valence-corrected chi connectivity index (χ0v) is 9.46. The Morgan fingerprint density at radius 3 is 2.07 bits per heavy atom. The van der Waals surface area contributed by atoms with Gasteiger partial charge in [-0.3, -0.25) is 0 Å². The molecule has 0 spiro atoms. The Bertz CT molecular complexity index is 261. The van der Waals surface area contributed by atoms with E-state index in [2.05, 4.69) is 45.0 Å². The van der Waals surface area contributed by atoms with Crippen molar-refractivity contribution in [2.75, 3.05) is 6.54 Å². The Hall–Kier alpha value is -0.820.